The number of hydrogen-bond donors (Lipinski definition) is 2. The number of thiol groups is 1. The summed E-state index contributed by atoms with van der Waals surface area (Å²) in [5, 5.41) is 8.50. The van der Waals surface area contributed by atoms with Crippen molar-refractivity contribution in [2.24, 2.45) is 0 Å². The van der Waals surface area contributed by atoms with Crippen molar-refractivity contribution >= 4 is 16.6 Å². The summed E-state index contributed by atoms with van der Waals surface area (Å²) in [4.78, 5) is 0. The van der Waals surface area contributed by atoms with Crippen LogP contribution in [0, 0.1) is 17.1 Å². The Labute approximate surface area is 75.7 Å². The Morgan fingerprint density at radius 1 is 1.46 bits per heavy atom. The van der Waals surface area contributed by atoms with Crippen LogP contribution in [0.15, 0.2) is 18.2 Å². The Hall–Kier alpha value is -1.61. The Balaban J connectivity index is 3.15. The number of nitriles is 1. The molecule has 0 fully saturated rings. The van der Waals surface area contributed by atoms with Gasteiger partial charge in [0.05, 0.1) is 11.3 Å². The third-order valence-corrected chi connectivity index (χ3v) is 1.74. The zero-order valence-electron chi connectivity index (χ0n) is 6.32. The van der Waals surface area contributed by atoms with E-state index in [2.05, 4.69) is 0 Å². The van der Waals surface area contributed by atoms with Gasteiger partial charge in [-0.05, 0) is 18.2 Å². The molecule has 0 radical (unpaired) electrons. The van der Waals surface area contributed by atoms with Gasteiger partial charge in [0.1, 0.15) is 11.9 Å². The van der Waals surface area contributed by atoms with Crippen molar-refractivity contribution < 1.29 is 12.8 Å². The second-order valence-corrected chi connectivity index (χ2v) is 2.91. The van der Waals surface area contributed by atoms with Crippen LogP contribution < -0.4 is 4.72 Å². The molecule has 0 spiro atoms. The highest BCUT2D eigenvalue weighted by Crippen LogP contribution is 2.15. The maximum Gasteiger partial charge on any atom is 0.222 e. The number of nitrogens with zero attached hydrogens (tertiary/aromatic N) is 1. The summed E-state index contributed by atoms with van der Waals surface area (Å²) in [6.45, 7) is 0. The van der Waals surface area contributed by atoms with Gasteiger partial charge in [0.15, 0.2) is 0 Å². The molecule has 0 saturated carbocycles. The van der Waals surface area contributed by atoms with Crippen LogP contribution in [-0.4, -0.2) is 8.42 Å². The van der Waals surface area contributed by atoms with Gasteiger partial charge in [0.2, 0.25) is 10.9 Å². The van der Waals surface area contributed by atoms with Gasteiger partial charge in [0.25, 0.3) is 0 Å². The molecule has 13 heavy (non-hydrogen) atoms. The summed E-state index contributed by atoms with van der Waals surface area (Å²) in [6.07, 6.45) is 0. The molecule has 0 aliphatic carbocycles. The predicted molar refractivity (Wildman–Crippen MR) is 45.1 cm³/mol. The minimum absolute atomic E-state index is 0.0424. The lowest BCUT2D eigenvalue weighted by molar-refractivity contribution is 0.618. The van der Waals surface area contributed by atoms with Gasteiger partial charge in [-0.15, -0.1) is 0 Å². The van der Waals surface area contributed by atoms with Crippen LogP contribution in [0.1, 0.15) is 5.56 Å². The minimum atomic E-state index is -2.83. The van der Waals surface area contributed by atoms with Crippen LogP contribution in [0.25, 0.3) is 0 Å². The molecule has 0 heterocycles. The Bertz CT molecular complexity index is 429. The second kappa shape index (κ2) is 3.87. The van der Waals surface area contributed by atoms with Crippen molar-refractivity contribution in [1.29, 1.82) is 5.26 Å². The molecule has 0 aliphatic rings. The third-order valence-electron chi connectivity index (χ3n) is 1.31. The van der Waals surface area contributed by atoms with Gasteiger partial charge in [-0.2, -0.15) is 5.26 Å². The fraction of sp³-hybridized carbons (Fsp3) is 0. The first kappa shape index (κ1) is 9.48. The van der Waals surface area contributed by atoms with Crippen LogP contribution in [0.2, 0.25) is 0 Å². The van der Waals surface area contributed by atoms with E-state index in [-0.39, 0.29) is 11.3 Å². The van der Waals surface area contributed by atoms with E-state index in [1.165, 1.54) is 6.07 Å². The van der Waals surface area contributed by atoms with Crippen LogP contribution >= 0.6 is 0 Å². The van der Waals surface area contributed by atoms with Crippen LogP contribution in [-0.2, 0) is 10.9 Å². The van der Waals surface area contributed by atoms with Gasteiger partial charge in [-0.3, -0.25) is 4.72 Å². The number of nitrogens with one attached hydrogen (secondary N) is 1. The standard InChI is InChI=1S/C7H5FN2O2S/c8-6-1-2-7(10-13(11)12)5(3-6)4-9/h1-3,13H,(H,10,11,12). The first-order valence-electron chi connectivity index (χ1n) is 3.24. The molecule has 0 atom stereocenters. The molecule has 0 unspecified atom stereocenters. The molecular formula is C7H5FN2O2S. The highest BCUT2D eigenvalue weighted by atomic mass is 32.2. The van der Waals surface area contributed by atoms with Crippen molar-refractivity contribution in [2.45, 2.75) is 0 Å². The summed E-state index contributed by atoms with van der Waals surface area (Å²) < 4.78 is 35.0. The summed E-state index contributed by atoms with van der Waals surface area (Å²) in [5.74, 6) is -0.580. The highest BCUT2D eigenvalue weighted by molar-refractivity contribution is 7.73. The van der Waals surface area contributed by atoms with Gasteiger partial charge >= 0.3 is 0 Å². The third kappa shape index (κ3) is 2.42. The molecule has 0 amide bonds. The molecule has 4 nitrogen and oxygen atoms in total. The smallest absolute Gasteiger partial charge is 0.222 e. The molecule has 0 aromatic heterocycles. The lowest BCUT2D eigenvalue weighted by Crippen LogP contribution is -1.97. The van der Waals surface area contributed by atoms with E-state index in [1.54, 1.807) is 6.07 Å². The van der Waals surface area contributed by atoms with Crippen molar-refractivity contribution in [3.05, 3.63) is 29.6 Å². The Morgan fingerprint density at radius 2 is 2.15 bits per heavy atom. The molecular weight excluding hydrogens is 195 g/mol. The SMILES string of the molecule is N#Cc1cc(F)ccc1N[SH](=O)=O. The van der Waals surface area contributed by atoms with E-state index in [0.29, 0.717) is 0 Å². The van der Waals surface area contributed by atoms with Gasteiger partial charge in [0, 0.05) is 0 Å². The fourth-order valence-corrected chi connectivity index (χ4v) is 1.20. The molecule has 6 heteroatoms. The molecule has 1 aromatic rings. The zero-order chi connectivity index (χ0) is 9.84. The number of anilines is 1. The first-order valence-corrected chi connectivity index (χ1v) is 4.42. The van der Waals surface area contributed by atoms with Crippen molar-refractivity contribution in [3.8, 4) is 6.07 Å². The normalized spacial score (nSPS) is 9.62. The lowest BCUT2D eigenvalue weighted by Gasteiger charge is -2.00. The minimum Gasteiger partial charge on any atom is -0.284 e. The molecule has 0 bridgehead atoms. The van der Waals surface area contributed by atoms with E-state index in [0.717, 1.165) is 12.1 Å². The lowest BCUT2D eigenvalue weighted by atomic mass is 10.2. The largest absolute Gasteiger partial charge is 0.284 e. The summed E-state index contributed by atoms with van der Waals surface area (Å²) in [5.41, 5.74) is 0.0409. The topological polar surface area (TPSA) is 70.0 Å². The number of benzene rings is 1. The number of rotatable bonds is 2. The Kier molecular flexibility index (Phi) is 2.82. The van der Waals surface area contributed by atoms with E-state index < -0.39 is 16.7 Å². The average molecular weight is 200 g/mol. The van der Waals surface area contributed by atoms with E-state index >= 15 is 0 Å². The monoisotopic (exact) mass is 200 g/mol. The van der Waals surface area contributed by atoms with E-state index in [1.807, 2.05) is 4.72 Å². The predicted octanol–water partition coefficient (Wildman–Crippen LogP) is 0.636. The van der Waals surface area contributed by atoms with Crippen LogP contribution in [0.5, 0.6) is 0 Å². The van der Waals surface area contributed by atoms with Crippen LogP contribution in [0.4, 0.5) is 10.1 Å². The molecule has 1 N–H and O–H groups in total. The fourth-order valence-electron chi connectivity index (χ4n) is 0.805. The maximum atomic E-state index is 12.5. The number of halogens is 1. The zero-order valence-corrected chi connectivity index (χ0v) is 7.22. The van der Waals surface area contributed by atoms with Crippen molar-refractivity contribution in [3.63, 3.8) is 0 Å². The Morgan fingerprint density at radius 3 is 2.69 bits per heavy atom. The summed E-state index contributed by atoms with van der Waals surface area (Å²) in [6, 6.07) is 4.90. The van der Waals surface area contributed by atoms with E-state index in [9.17, 15) is 12.8 Å². The maximum absolute atomic E-state index is 12.5. The van der Waals surface area contributed by atoms with Gasteiger partial charge < -0.3 is 0 Å². The summed E-state index contributed by atoms with van der Waals surface area (Å²) in [7, 11) is -2.83. The van der Waals surface area contributed by atoms with Crippen molar-refractivity contribution in [2.75, 3.05) is 4.72 Å². The second-order valence-electron chi connectivity index (χ2n) is 2.17. The van der Waals surface area contributed by atoms with Gasteiger partial charge in [-0.1, -0.05) is 0 Å². The summed E-state index contributed by atoms with van der Waals surface area (Å²) >= 11 is 0. The average Bonchev–Trinajstić information content (AvgIpc) is 2.07. The quantitative estimate of drug-likeness (QED) is 0.688. The molecule has 0 saturated heterocycles. The molecule has 68 valence electrons. The van der Waals surface area contributed by atoms with Crippen LogP contribution in [0.3, 0.4) is 0 Å². The van der Waals surface area contributed by atoms with Gasteiger partial charge in [-0.25, -0.2) is 12.8 Å². The highest BCUT2D eigenvalue weighted by Gasteiger charge is 2.02. The number of hydrogen-bond acceptors (Lipinski definition) is 3. The molecule has 1 aromatic carbocycles. The first-order chi connectivity index (χ1) is 6.13. The molecule has 1 rings (SSSR count). The van der Waals surface area contributed by atoms with E-state index in [4.69, 9.17) is 5.26 Å². The van der Waals surface area contributed by atoms with Crippen molar-refractivity contribution in [1.82, 2.24) is 0 Å². The molecule has 0 aliphatic heterocycles.